The van der Waals surface area contributed by atoms with Crippen LogP contribution in [0.4, 0.5) is 0 Å². The molecule has 0 aliphatic rings. The van der Waals surface area contributed by atoms with Crippen molar-refractivity contribution in [3.63, 3.8) is 0 Å². The predicted molar refractivity (Wildman–Crippen MR) is 74.9 cm³/mol. The van der Waals surface area contributed by atoms with Crippen LogP contribution in [0, 0.1) is 0 Å². The molecule has 1 atom stereocenters. The maximum atomic E-state index is 11.9. The minimum absolute atomic E-state index is 0.205. The van der Waals surface area contributed by atoms with Crippen molar-refractivity contribution in [2.45, 2.75) is 13.0 Å². The highest BCUT2D eigenvalue weighted by Gasteiger charge is 2.13. The predicted octanol–water partition coefficient (Wildman–Crippen LogP) is 0.828. The first-order valence-corrected chi connectivity index (χ1v) is 6.43. The number of aromatic nitrogens is 1. The first kappa shape index (κ1) is 14.9. The molecule has 1 aromatic rings. The van der Waals surface area contributed by atoms with Gasteiger partial charge in [-0.25, -0.2) is 0 Å². The summed E-state index contributed by atoms with van der Waals surface area (Å²) in [5.74, 6) is -0.242. The number of rotatable bonds is 4. The molecule has 5 nitrogen and oxygen atoms in total. The van der Waals surface area contributed by atoms with Crippen molar-refractivity contribution in [1.82, 2.24) is 14.8 Å². The number of likely N-dealkylation sites (N-methyl/N-ethyl adjacent to an activating group) is 1. The fourth-order valence-corrected chi connectivity index (χ4v) is 1.89. The Morgan fingerprint density at radius 2 is 2.17 bits per heavy atom. The van der Waals surface area contributed by atoms with Gasteiger partial charge in [-0.3, -0.25) is 9.59 Å². The zero-order valence-electron chi connectivity index (χ0n) is 11.0. The van der Waals surface area contributed by atoms with Crippen LogP contribution >= 0.6 is 15.9 Å². The van der Waals surface area contributed by atoms with Crippen LogP contribution in [0.5, 0.6) is 0 Å². The Bertz CT molecular complexity index is 497. The van der Waals surface area contributed by atoms with Gasteiger partial charge in [-0.05, 0) is 36.9 Å². The Morgan fingerprint density at radius 1 is 1.56 bits per heavy atom. The molecule has 0 bridgehead atoms. The molecule has 0 unspecified atom stereocenters. The van der Waals surface area contributed by atoms with Crippen molar-refractivity contribution in [3.05, 3.63) is 32.7 Å². The third kappa shape index (κ3) is 3.68. The van der Waals surface area contributed by atoms with E-state index in [-0.39, 0.29) is 17.5 Å². The van der Waals surface area contributed by atoms with E-state index in [1.165, 1.54) is 10.6 Å². The lowest BCUT2D eigenvalue weighted by Crippen LogP contribution is -2.38. The molecule has 0 fully saturated rings. The molecule has 1 aromatic heterocycles. The van der Waals surface area contributed by atoms with Crippen LogP contribution < -0.4 is 10.9 Å². The Kier molecular flexibility index (Phi) is 5.10. The second-order valence-electron chi connectivity index (χ2n) is 4.51. The summed E-state index contributed by atoms with van der Waals surface area (Å²) in [6, 6.07) is 1.57. The molecule has 1 rings (SSSR count). The fraction of sp³-hybridized carbons (Fsp3) is 0.500. The highest BCUT2D eigenvalue weighted by Crippen LogP contribution is 2.13. The van der Waals surface area contributed by atoms with Crippen LogP contribution in [0.2, 0.25) is 0 Å². The zero-order chi connectivity index (χ0) is 13.9. The Labute approximate surface area is 115 Å². The van der Waals surface area contributed by atoms with Crippen molar-refractivity contribution in [2.75, 3.05) is 20.6 Å². The number of nitrogens with one attached hydrogen (secondary N) is 1. The highest BCUT2D eigenvalue weighted by atomic mass is 79.9. The van der Waals surface area contributed by atoms with Crippen LogP contribution in [0.15, 0.2) is 21.5 Å². The SMILES string of the molecule is C[C@@H](CNC(=O)c1cc(=O)n(C)cc1Br)N(C)C. The summed E-state index contributed by atoms with van der Waals surface area (Å²) in [6.07, 6.45) is 1.59. The van der Waals surface area contributed by atoms with Crippen LogP contribution in [0.1, 0.15) is 17.3 Å². The van der Waals surface area contributed by atoms with Gasteiger partial charge in [-0.1, -0.05) is 0 Å². The second-order valence-corrected chi connectivity index (χ2v) is 5.36. The van der Waals surface area contributed by atoms with Gasteiger partial charge in [0.1, 0.15) is 0 Å². The number of halogens is 1. The number of carbonyl (C=O) groups excluding carboxylic acids is 1. The fourth-order valence-electron chi connectivity index (χ4n) is 1.29. The lowest BCUT2D eigenvalue weighted by molar-refractivity contribution is 0.0942. The van der Waals surface area contributed by atoms with Crippen LogP contribution in [0.25, 0.3) is 0 Å². The second kappa shape index (κ2) is 6.15. The van der Waals surface area contributed by atoms with Crippen molar-refractivity contribution in [3.8, 4) is 0 Å². The van der Waals surface area contributed by atoms with Gasteiger partial charge in [0.05, 0.1) is 5.56 Å². The van der Waals surface area contributed by atoms with Gasteiger partial charge in [-0.2, -0.15) is 0 Å². The van der Waals surface area contributed by atoms with Gasteiger partial charge < -0.3 is 14.8 Å². The molecule has 0 aromatic carbocycles. The average Bonchev–Trinajstić information content (AvgIpc) is 2.30. The summed E-state index contributed by atoms with van der Waals surface area (Å²) in [5, 5.41) is 2.81. The molecular weight excluding hydrogens is 298 g/mol. The minimum atomic E-state index is -0.242. The monoisotopic (exact) mass is 315 g/mol. The molecule has 0 spiro atoms. The molecule has 100 valence electrons. The summed E-state index contributed by atoms with van der Waals surface area (Å²) in [5.41, 5.74) is 0.160. The van der Waals surface area contributed by atoms with E-state index in [1.807, 2.05) is 25.9 Å². The topological polar surface area (TPSA) is 54.3 Å². The zero-order valence-corrected chi connectivity index (χ0v) is 12.6. The molecule has 6 heteroatoms. The molecule has 0 saturated carbocycles. The lowest BCUT2D eigenvalue weighted by atomic mass is 10.2. The van der Waals surface area contributed by atoms with E-state index in [0.717, 1.165) is 0 Å². The van der Waals surface area contributed by atoms with Crippen molar-refractivity contribution < 1.29 is 4.79 Å². The van der Waals surface area contributed by atoms with E-state index in [4.69, 9.17) is 0 Å². The quantitative estimate of drug-likeness (QED) is 0.895. The van der Waals surface area contributed by atoms with Crippen LogP contribution in [-0.2, 0) is 7.05 Å². The Balaban J connectivity index is 2.79. The van der Waals surface area contributed by atoms with Gasteiger partial charge in [0, 0.05) is 36.4 Å². The third-order valence-electron chi connectivity index (χ3n) is 2.86. The number of hydrogen-bond donors (Lipinski definition) is 1. The summed E-state index contributed by atoms with van der Waals surface area (Å²) in [4.78, 5) is 25.5. The Hall–Kier alpha value is -1.14. The molecule has 0 saturated heterocycles. The standard InChI is InChI=1S/C12H18BrN3O2/c1-8(15(2)3)6-14-12(18)9-5-11(17)16(4)7-10(9)13/h5,7-8H,6H2,1-4H3,(H,14,18)/t8-/m0/s1. The molecule has 1 amide bonds. The molecular formula is C12H18BrN3O2. The molecule has 1 heterocycles. The highest BCUT2D eigenvalue weighted by molar-refractivity contribution is 9.10. The Morgan fingerprint density at radius 3 is 2.72 bits per heavy atom. The first-order valence-electron chi connectivity index (χ1n) is 5.63. The van der Waals surface area contributed by atoms with E-state index in [1.54, 1.807) is 13.2 Å². The van der Waals surface area contributed by atoms with Crippen molar-refractivity contribution >= 4 is 21.8 Å². The van der Waals surface area contributed by atoms with E-state index in [0.29, 0.717) is 16.6 Å². The van der Waals surface area contributed by atoms with E-state index >= 15 is 0 Å². The number of pyridine rings is 1. The number of aryl methyl sites for hydroxylation is 1. The smallest absolute Gasteiger partial charge is 0.252 e. The lowest BCUT2D eigenvalue weighted by Gasteiger charge is -2.20. The molecule has 1 N–H and O–H groups in total. The van der Waals surface area contributed by atoms with Gasteiger partial charge in [0.2, 0.25) is 0 Å². The summed E-state index contributed by atoms with van der Waals surface area (Å²) in [7, 11) is 5.54. The summed E-state index contributed by atoms with van der Waals surface area (Å²) < 4.78 is 2.03. The van der Waals surface area contributed by atoms with E-state index < -0.39 is 0 Å². The van der Waals surface area contributed by atoms with Gasteiger partial charge >= 0.3 is 0 Å². The van der Waals surface area contributed by atoms with Crippen molar-refractivity contribution in [2.24, 2.45) is 7.05 Å². The summed E-state index contributed by atoms with van der Waals surface area (Å²) >= 11 is 3.29. The van der Waals surface area contributed by atoms with E-state index in [9.17, 15) is 9.59 Å². The minimum Gasteiger partial charge on any atom is -0.350 e. The van der Waals surface area contributed by atoms with E-state index in [2.05, 4.69) is 21.2 Å². The maximum Gasteiger partial charge on any atom is 0.252 e. The normalized spacial score (nSPS) is 12.6. The largest absolute Gasteiger partial charge is 0.350 e. The maximum absolute atomic E-state index is 11.9. The van der Waals surface area contributed by atoms with Crippen molar-refractivity contribution in [1.29, 1.82) is 0 Å². The average molecular weight is 316 g/mol. The van der Waals surface area contributed by atoms with Gasteiger partial charge in [0.25, 0.3) is 11.5 Å². The number of nitrogens with zero attached hydrogens (tertiary/aromatic N) is 2. The number of amides is 1. The molecule has 0 radical (unpaired) electrons. The van der Waals surface area contributed by atoms with Gasteiger partial charge in [0.15, 0.2) is 0 Å². The van der Waals surface area contributed by atoms with Crippen LogP contribution in [0.3, 0.4) is 0 Å². The number of carbonyl (C=O) groups is 1. The summed E-state index contributed by atoms with van der Waals surface area (Å²) in [6.45, 7) is 2.55. The molecule has 0 aliphatic carbocycles. The van der Waals surface area contributed by atoms with Crippen LogP contribution in [-0.4, -0.2) is 42.1 Å². The molecule has 18 heavy (non-hydrogen) atoms. The van der Waals surface area contributed by atoms with Gasteiger partial charge in [-0.15, -0.1) is 0 Å². The third-order valence-corrected chi connectivity index (χ3v) is 3.50. The first-order chi connectivity index (χ1) is 8.32. The number of hydrogen-bond acceptors (Lipinski definition) is 3. The molecule has 0 aliphatic heterocycles.